The Hall–Kier alpha value is -1.96. The first-order valence-corrected chi connectivity index (χ1v) is 15.1. The van der Waals surface area contributed by atoms with E-state index in [0.29, 0.717) is 17.3 Å². The monoisotopic (exact) mass is 552 g/mol. The van der Waals surface area contributed by atoms with E-state index >= 15 is 0 Å². The highest BCUT2D eigenvalue weighted by Gasteiger charge is 2.30. The lowest BCUT2D eigenvalue weighted by atomic mass is 10.1. The average molecular weight is 553 g/mol. The van der Waals surface area contributed by atoms with E-state index in [1.54, 1.807) is 0 Å². The second-order valence-corrected chi connectivity index (χ2v) is 11.2. The largest absolute Gasteiger partial charge is 0.477 e. The van der Waals surface area contributed by atoms with Crippen molar-refractivity contribution in [2.24, 2.45) is 0 Å². The Morgan fingerprint density at radius 2 is 1.31 bits per heavy atom. The van der Waals surface area contributed by atoms with Crippen LogP contribution in [0.5, 0.6) is 0 Å². The number of unbranched alkanes of at least 4 members (excludes halogenated alkanes) is 9. The van der Waals surface area contributed by atoms with E-state index in [4.69, 9.17) is 9.47 Å². The normalized spacial score (nSPS) is 14.0. The van der Waals surface area contributed by atoms with Crippen molar-refractivity contribution in [3.05, 3.63) is 36.5 Å². The Morgan fingerprint density at radius 3 is 1.87 bits per heavy atom. The van der Waals surface area contributed by atoms with Crippen molar-refractivity contribution in [3.63, 3.8) is 0 Å². The maximum absolute atomic E-state index is 11.9. The van der Waals surface area contributed by atoms with Crippen LogP contribution in [0, 0.1) is 0 Å². The number of aliphatic hydroxyl groups excluding tert-OH is 1. The van der Waals surface area contributed by atoms with Gasteiger partial charge in [-0.1, -0.05) is 81.9 Å². The van der Waals surface area contributed by atoms with E-state index in [9.17, 15) is 19.8 Å². The molecule has 0 aromatic heterocycles. The summed E-state index contributed by atoms with van der Waals surface area (Å²) in [6.07, 6.45) is 28.1. The molecule has 0 amide bonds. The number of nitrogens with zero attached hydrogens (tertiary/aromatic N) is 1. The number of hydrogen-bond acceptors (Lipinski definition) is 5. The van der Waals surface area contributed by atoms with Gasteiger partial charge < -0.3 is 24.2 Å². The minimum absolute atomic E-state index is 0.0134. The molecule has 0 aliphatic heterocycles. The zero-order chi connectivity index (χ0) is 29.2. The third-order valence-corrected chi connectivity index (χ3v) is 6.52. The summed E-state index contributed by atoms with van der Waals surface area (Å²) in [5, 5.41) is 19.2. The van der Waals surface area contributed by atoms with E-state index in [-0.39, 0.29) is 25.8 Å². The van der Waals surface area contributed by atoms with Gasteiger partial charge in [-0.2, -0.15) is 0 Å². The predicted octanol–water partition coefficient (Wildman–Crippen LogP) is 6.61. The Kier molecular flexibility index (Phi) is 23.8. The van der Waals surface area contributed by atoms with Gasteiger partial charge in [0.15, 0.2) is 6.04 Å². The van der Waals surface area contributed by atoms with Crippen LogP contribution in [0.2, 0.25) is 0 Å². The topological polar surface area (TPSA) is 93.1 Å². The first-order chi connectivity index (χ1) is 18.7. The second-order valence-electron chi connectivity index (χ2n) is 11.2. The SMILES string of the molecule is CCCCC/C=C\C/C=C\C/C=C\CCCCCCCCC(=O)OCC(O)COCCC(C(=O)O)[N+](C)(C)C. The highest BCUT2D eigenvalue weighted by Crippen LogP contribution is 2.11. The Balaban J connectivity index is 3.58. The van der Waals surface area contributed by atoms with Crippen LogP contribution >= 0.6 is 0 Å². The van der Waals surface area contributed by atoms with Gasteiger partial charge in [0.25, 0.3) is 0 Å². The molecule has 0 saturated carbocycles. The maximum atomic E-state index is 11.9. The van der Waals surface area contributed by atoms with E-state index in [2.05, 4.69) is 43.4 Å². The molecule has 2 atom stereocenters. The summed E-state index contributed by atoms with van der Waals surface area (Å²) >= 11 is 0. The average Bonchev–Trinajstić information content (AvgIpc) is 2.87. The molecule has 0 spiro atoms. The number of aliphatic carboxylic acids is 1. The molecule has 0 rings (SSSR count). The van der Waals surface area contributed by atoms with Crippen LogP contribution in [0.15, 0.2) is 36.5 Å². The second kappa shape index (κ2) is 25.0. The maximum Gasteiger partial charge on any atom is 0.362 e. The van der Waals surface area contributed by atoms with Gasteiger partial charge >= 0.3 is 11.9 Å². The number of rotatable bonds is 26. The van der Waals surface area contributed by atoms with Gasteiger partial charge in [0.2, 0.25) is 0 Å². The summed E-state index contributed by atoms with van der Waals surface area (Å²) in [5.74, 6) is -1.17. The number of likely N-dealkylation sites (N-methyl/N-ethyl adjacent to an activating group) is 1. The first kappa shape index (κ1) is 37.0. The fourth-order valence-electron chi connectivity index (χ4n) is 4.09. The van der Waals surface area contributed by atoms with Crippen molar-refractivity contribution in [3.8, 4) is 0 Å². The molecule has 2 unspecified atom stereocenters. The molecular formula is C32H58NO6+. The van der Waals surface area contributed by atoms with Crippen molar-refractivity contribution < 1.29 is 33.8 Å². The van der Waals surface area contributed by atoms with Crippen molar-refractivity contribution in [1.82, 2.24) is 0 Å². The fraction of sp³-hybridized carbons (Fsp3) is 0.750. The molecular weight excluding hydrogens is 494 g/mol. The van der Waals surface area contributed by atoms with Crippen LogP contribution in [-0.2, 0) is 19.1 Å². The number of aliphatic hydroxyl groups is 1. The molecule has 0 bridgehead atoms. The fourth-order valence-corrected chi connectivity index (χ4v) is 4.09. The van der Waals surface area contributed by atoms with Crippen LogP contribution in [0.3, 0.4) is 0 Å². The number of esters is 1. The van der Waals surface area contributed by atoms with Crippen LogP contribution in [0.4, 0.5) is 0 Å². The number of ether oxygens (including phenoxy) is 2. The highest BCUT2D eigenvalue weighted by molar-refractivity contribution is 5.72. The van der Waals surface area contributed by atoms with E-state index in [1.807, 2.05) is 21.1 Å². The van der Waals surface area contributed by atoms with Gasteiger partial charge in [0.1, 0.15) is 12.7 Å². The molecule has 0 saturated heterocycles. The lowest BCUT2D eigenvalue weighted by molar-refractivity contribution is -0.887. The summed E-state index contributed by atoms with van der Waals surface area (Å²) < 4.78 is 10.8. The zero-order valence-corrected chi connectivity index (χ0v) is 25.3. The van der Waals surface area contributed by atoms with Gasteiger partial charge in [-0.3, -0.25) is 4.79 Å². The molecule has 0 heterocycles. The standard InChI is InChI=1S/C32H57NO6/c1-5-6-7-8-9-10-11-12-13-14-15-16-17-18-19-20-21-22-23-24-31(35)39-28-29(34)27-38-26-25-30(32(36)37)33(2,3)4/h9-10,12-13,15-16,29-30,34H,5-8,11,14,17-28H2,1-4H3/p+1/b10-9-,13-12-,16-15-. The number of quaternary nitrogens is 1. The molecule has 0 aromatic carbocycles. The van der Waals surface area contributed by atoms with Gasteiger partial charge in [0.05, 0.1) is 34.4 Å². The minimum atomic E-state index is -0.909. The molecule has 226 valence electrons. The number of carboxylic acid groups (broad SMARTS) is 1. The number of hydrogen-bond donors (Lipinski definition) is 2. The summed E-state index contributed by atoms with van der Waals surface area (Å²) in [4.78, 5) is 23.2. The van der Waals surface area contributed by atoms with Gasteiger partial charge in [-0.15, -0.1) is 0 Å². The van der Waals surface area contributed by atoms with E-state index in [1.165, 1.54) is 44.9 Å². The summed E-state index contributed by atoms with van der Waals surface area (Å²) in [6, 6.07) is -0.577. The Labute approximate surface area is 238 Å². The van der Waals surface area contributed by atoms with E-state index in [0.717, 1.165) is 38.5 Å². The lowest BCUT2D eigenvalue weighted by Gasteiger charge is -2.31. The molecule has 0 aromatic rings. The zero-order valence-electron chi connectivity index (χ0n) is 25.3. The highest BCUT2D eigenvalue weighted by atomic mass is 16.5. The van der Waals surface area contributed by atoms with Crippen molar-refractivity contribution >= 4 is 11.9 Å². The number of carboxylic acids is 1. The molecule has 0 radical (unpaired) electrons. The molecule has 7 heteroatoms. The smallest absolute Gasteiger partial charge is 0.362 e. The summed E-state index contributed by atoms with van der Waals surface area (Å²) in [6.45, 7) is 2.37. The molecule has 0 aliphatic carbocycles. The summed E-state index contributed by atoms with van der Waals surface area (Å²) in [7, 11) is 5.47. The third-order valence-electron chi connectivity index (χ3n) is 6.52. The minimum Gasteiger partial charge on any atom is -0.477 e. The van der Waals surface area contributed by atoms with Gasteiger partial charge in [-0.05, 0) is 44.9 Å². The molecule has 7 nitrogen and oxygen atoms in total. The Bertz CT molecular complexity index is 695. The van der Waals surface area contributed by atoms with Crippen molar-refractivity contribution in [1.29, 1.82) is 0 Å². The van der Waals surface area contributed by atoms with Crippen LogP contribution in [0.25, 0.3) is 0 Å². The number of carbonyl (C=O) groups is 2. The van der Waals surface area contributed by atoms with Gasteiger partial charge in [-0.25, -0.2) is 4.79 Å². The molecule has 39 heavy (non-hydrogen) atoms. The first-order valence-electron chi connectivity index (χ1n) is 15.1. The number of allylic oxidation sites excluding steroid dienone is 6. The summed E-state index contributed by atoms with van der Waals surface area (Å²) in [5.41, 5.74) is 0. The molecule has 0 fully saturated rings. The van der Waals surface area contributed by atoms with Crippen LogP contribution in [-0.4, -0.2) is 79.7 Å². The molecule has 0 aliphatic rings. The molecule has 2 N–H and O–H groups in total. The predicted molar refractivity (Wildman–Crippen MR) is 160 cm³/mol. The Morgan fingerprint density at radius 1 is 0.769 bits per heavy atom. The number of carbonyl (C=O) groups excluding carboxylic acids is 1. The van der Waals surface area contributed by atoms with Crippen molar-refractivity contribution in [2.75, 3.05) is 41.0 Å². The van der Waals surface area contributed by atoms with E-state index < -0.39 is 18.1 Å². The van der Waals surface area contributed by atoms with Crippen molar-refractivity contribution in [2.45, 2.75) is 115 Å². The quantitative estimate of drug-likeness (QED) is 0.0543. The third kappa shape index (κ3) is 24.8. The van der Waals surface area contributed by atoms with Crippen LogP contribution in [0.1, 0.15) is 103 Å². The van der Waals surface area contributed by atoms with Gasteiger partial charge in [0, 0.05) is 12.8 Å². The van der Waals surface area contributed by atoms with Crippen LogP contribution < -0.4 is 0 Å². The lowest BCUT2D eigenvalue weighted by Crippen LogP contribution is -2.50.